The highest BCUT2D eigenvalue weighted by molar-refractivity contribution is 5.93. The van der Waals surface area contributed by atoms with Gasteiger partial charge in [0.25, 0.3) is 0 Å². The van der Waals surface area contributed by atoms with E-state index in [1.54, 1.807) is 32.6 Å². The number of carbonyl (C=O) groups is 4. The van der Waals surface area contributed by atoms with Crippen LogP contribution in [0.15, 0.2) is 18.2 Å². The SMILES string of the molecule is CCOC(=O)CCNC(=O)C(c1cc(C)ccc1C)N(C(=O)C(NC(=O)OC(C)(C)C)C(C)CC)C(C)(C)CC. The standard InChI is InChI=1S/C31H51N3O6/c1-12-21(5)25(33-29(38)40-30(7,8)9)28(37)34(31(10,11)13-2)26(23-19-20(4)15-16-22(23)6)27(36)32-18-17-24(35)39-14-3/h15-16,19,21,25-26H,12-14,17-18H2,1-11H3,(H,32,36)(H,33,38). The molecule has 9 nitrogen and oxygen atoms in total. The highest BCUT2D eigenvalue weighted by atomic mass is 16.6. The van der Waals surface area contributed by atoms with E-state index in [9.17, 15) is 19.2 Å². The number of benzene rings is 1. The lowest BCUT2D eigenvalue weighted by Gasteiger charge is -2.45. The van der Waals surface area contributed by atoms with Crippen LogP contribution in [0.4, 0.5) is 4.79 Å². The van der Waals surface area contributed by atoms with Crippen LogP contribution in [0.1, 0.15) is 104 Å². The number of rotatable bonds is 13. The molecule has 0 saturated carbocycles. The van der Waals surface area contributed by atoms with Gasteiger partial charge in [-0.2, -0.15) is 0 Å². The third-order valence-corrected chi connectivity index (χ3v) is 7.08. The Bertz CT molecular complexity index is 1030. The lowest BCUT2D eigenvalue weighted by Crippen LogP contribution is -2.60. The Morgan fingerprint density at radius 3 is 2.15 bits per heavy atom. The number of nitrogens with one attached hydrogen (secondary N) is 2. The number of nitrogens with zero attached hydrogens (tertiary/aromatic N) is 1. The Morgan fingerprint density at radius 2 is 1.62 bits per heavy atom. The Morgan fingerprint density at radius 1 is 1.00 bits per heavy atom. The van der Waals surface area contributed by atoms with Crippen LogP contribution in [0.5, 0.6) is 0 Å². The summed E-state index contributed by atoms with van der Waals surface area (Å²) in [4.78, 5) is 54.9. The van der Waals surface area contributed by atoms with Crippen molar-refractivity contribution >= 4 is 23.9 Å². The normalized spacial score (nSPS) is 14.0. The van der Waals surface area contributed by atoms with Crippen LogP contribution in [0.2, 0.25) is 0 Å². The molecule has 0 fully saturated rings. The Labute approximate surface area is 240 Å². The maximum absolute atomic E-state index is 14.5. The predicted octanol–water partition coefficient (Wildman–Crippen LogP) is 5.37. The number of esters is 1. The van der Waals surface area contributed by atoms with Gasteiger partial charge in [-0.05, 0) is 78.9 Å². The van der Waals surface area contributed by atoms with Crippen LogP contribution in [0.25, 0.3) is 0 Å². The lowest BCUT2D eigenvalue weighted by atomic mass is 9.88. The average molecular weight is 562 g/mol. The summed E-state index contributed by atoms with van der Waals surface area (Å²) in [5.41, 5.74) is 0.967. The van der Waals surface area contributed by atoms with Gasteiger partial charge in [-0.25, -0.2) is 4.79 Å². The minimum atomic E-state index is -1.00. The van der Waals surface area contributed by atoms with E-state index in [-0.39, 0.29) is 31.4 Å². The second kappa shape index (κ2) is 15.1. The molecule has 40 heavy (non-hydrogen) atoms. The van der Waals surface area contributed by atoms with E-state index in [1.165, 1.54) is 0 Å². The second-order valence-corrected chi connectivity index (χ2v) is 12.0. The van der Waals surface area contributed by atoms with Gasteiger partial charge in [0.1, 0.15) is 17.7 Å². The summed E-state index contributed by atoms with van der Waals surface area (Å²) in [6.45, 7) is 20.8. The summed E-state index contributed by atoms with van der Waals surface area (Å²) in [6.07, 6.45) is 0.491. The zero-order chi connectivity index (χ0) is 30.8. The van der Waals surface area contributed by atoms with E-state index < -0.39 is 41.2 Å². The molecule has 0 saturated heterocycles. The summed E-state index contributed by atoms with van der Waals surface area (Å²) in [5.74, 6) is -1.43. The summed E-state index contributed by atoms with van der Waals surface area (Å²) in [6, 6.07) is 3.87. The molecule has 9 heteroatoms. The first-order chi connectivity index (χ1) is 18.5. The number of hydrogen-bond donors (Lipinski definition) is 2. The number of carbonyl (C=O) groups excluding carboxylic acids is 4. The fraction of sp³-hybridized carbons (Fsp3) is 0.677. The number of ether oxygens (including phenoxy) is 2. The van der Waals surface area contributed by atoms with Crippen molar-refractivity contribution in [2.75, 3.05) is 13.2 Å². The Balaban J connectivity index is 3.67. The Kier molecular flexibility index (Phi) is 13.1. The summed E-state index contributed by atoms with van der Waals surface area (Å²) >= 11 is 0. The van der Waals surface area contributed by atoms with E-state index in [2.05, 4.69) is 10.6 Å². The van der Waals surface area contributed by atoms with Crippen LogP contribution >= 0.6 is 0 Å². The molecule has 0 radical (unpaired) electrons. The fourth-order valence-electron chi connectivity index (χ4n) is 4.28. The fourth-order valence-corrected chi connectivity index (χ4v) is 4.28. The third-order valence-electron chi connectivity index (χ3n) is 7.08. The van der Waals surface area contributed by atoms with Crippen LogP contribution in [0.3, 0.4) is 0 Å². The molecule has 0 bridgehead atoms. The van der Waals surface area contributed by atoms with Crippen molar-refractivity contribution in [1.82, 2.24) is 15.5 Å². The first-order valence-corrected chi connectivity index (χ1v) is 14.3. The molecule has 0 spiro atoms. The minimum absolute atomic E-state index is 0.0138. The van der Waals surface area contributed by atoms with Crippen LogP contribution in [-0.2, 0) is 23.9 Å². The quantitative estimate of drug-likeness (QED) is 0.313. The van der Waals surface area contributed by atoms with Gasteiger partial charge in [-0.1, -0.05) is 51.0 Å². The first kappa shape index (κ1) is 34.9. The summed E-state index contributed by atoms with van der Waals surface area (Å²) in [7, 11) is 0. The summed E-state index contributed by atoms with van der Waals surface area (Å²) < 4.78 is 10.5. The van der Waals surface area contributed by atoms with Gasteiger partial charge < -0.3 is 25.0 Å². The zero-order valence-corrected chi connectivity index (χ0v) is 26.4. The molecule has 3 atom stereocenters. The van der Waals surface area contributed by atoms with Crippen molar-refractivity contribution in [2.24, 2.45) is 5.92 Å². The molecule has 0 aliphatic carbocycles. The van der Waals surface area contributed by atoms with Gasteiger partial charge >= 0.3 is 12.1 Å². The molecule has 0 heterocycles. The predicted molar refractivity (Wildman–Crippen MR) is 157 cm³/mol. The number of amides is 3. The molecule has 0 aromatic heterocycles. The van der Waals surface area contributed by atoms with Gasteiger partial charge in [0.05, 0.1) is 13.0 Å². The lowest BCUT2D eigenvalue weighted by molar-refractivity contribution is -0.150. The monoisotopic (exact) mass is 561 g/mol. The molecule has 1 aromatic carbocycles. The van der Waals surface area contributed by atoms with Crippen molar-refractivity contribution in [2.45, 2.75) is 119 Å². The second-order valence-electron chi connectivity index (χ2n) is 12.0. The van der Waals surface area contributed by atoms with Gasteiger partial charge in [-0.3, -0.25) is 14.4 Å². The van der Waals surface area contributed by atoms with Crippen LogP contribution in [0, 0.1) is 19.8 Å². The van der Waals surface area contributed by atoms with Gasteiger partial charge in [0.2, 0.25) is 11.8 Å². The highest BCUT2D eigenvalue weighted by Gasteiger charge is 2.44. The number of aryl methyl sites for hydroxylation is 2. The van der Waals surface area contributed by atoms with Crippen molar-refractivity contribution in [3.63, 3.8) is 0 Å². The average Bonchev–Trinajstić information content (AvgIpc) is 2.85. The number of alkyl carbamates (subject to hydrolysis) is 1. The van der Waals surface area contributed by atoms with Gasteiger partial charge in [0, 0.05) is 12.1 Å². The molecule has 3 unspecified atom stereocenters. The van der Waals surface area contributed by atoms with E-state index in [0.717, 1.165) is 11.1 Å². The maximum Gasteiger partial charge on any atom is 0.408 e. The van der Waals surface area contributed by atoms with Crippen LogP contribution < -0.4 is 10.6 Å². The molecular weight excluding hydrogens is 510 g/mol. The van der Waals surface area contributed by atoms with Crippen molar-refractivity contribution in [1.29, 1.82) is 0 Å². The van der Waals surface area contributed by atoms with E-state index in [0.29, 0.717) is 18.4 Å². The minimum Gasteiger partial charge on any atom is -0.466 e. The molecule has 0 aliphatic rings. The molecule has 226 valence electrons. The molecule has 1 aromatic rings. The van der Waals surface area contributed by atoms with E-state index in [4.69, 9.17) is 9.47 Å². The first-order valence-electron chi connectivity index (χ1n) is 14.3. The molecule has 2 N–H and O–H groups in total. The van der Waals surface area contributed by atoms with E-state index >= 15 is 0 Å². The van der Waals surface area contributed by atoms with Crippen molar-refractivity contribution in [3.05, 3.63) is 34.9 Å². The van der Waals surface area contributed by atoms with Crippen molar-refractivity contribution in [3.8, 4) is 0 Å². The topological polar surface area (TPSA) is 114 Å². The highest BCUT2D eigenvalue weighted by Crippen LogP contribution is 2.35. The maximum atomic E-state index is 14.5. The smallest absolute Gasteiger partial charge is 0.408 e. The number of hydrogen-bond acceptors (Lipinski definition) is 6. The molecule has 3 amide bonds. The molecular formula is C31H51N3O6. The van der Waals surface area contributed by atoms with Gasteiger partial charge in [0.15, 0.2) is 0 Å². The van der Waals surface area contributed by atoms with E-state index in [1.807, 2.05) is 66.7 Å². The third kappa shape index (κ3) is 10.1. The largest absolute Gasteiger partial charge is 0.466 e. The molecule has 0 aliphatic heterocycles. The Hall–Kier alpha value is -3.10. The van der Waals surface area contributed by atoms with Gasteiger partial charge in [-0.15, -0.1) is 0 Å². The zero-order valence-electron chi connectivity index (χ0n) is 26.4. The molecule has 1 rings (SSSR count). The van der Waals surface area contributed by atoms with Crippen molar-refractivity contribution < 1.29 is 28.7 Å². The summed E-state index contributed by atoms with van der Waals surface area (Å²) in [5, 5.41) is 5.66. The van der Waals surface area contributed by atoms with Crippen LogP contribution in [-0.4, -0.2) is 59.1 Å².